The summed E-state index contributed by atoms with van der Waals surface area (Å²) in [4.78, 5) is -0.659. The average molecular weight is 361 g/mol. The van der Waals surface area contributed by atoms with Gasteiger partial charge in [-0.1, -0.05) is 0 Å². The third-order valence-electron chi connectivity index (χ3n) is 0.805. The van der Waals surface area contributed by atoms with Crippen molar-refractivity contribution in [3.05, 3.63) is 0 Å². The lowest BCUT2D eigenvalue weighted by molar-refractivity contribution is 0.399. The maximum absolute atomic E-state index is 7.00. The van der Waals surface area contributed by atoms with Crippen molar-refractivity contribution < 1.29 is 5.11 Å². The standard InChI is InChI=1S/C4H5Cl5.C2H4Cl2.CH4O/c5-1-2(6)3(7)4(8)9;3-1-2-4;1-2/h2-4H,1H2;1-2H2;2H,1H3. The molecule has 0 aliphatic carbocycles. The van der Waals surface area contributed by atoms with Crippen molar-refractivity contribution >= 4 is 81.2 Å². The Morgan fingerprint density at radius 1 is 0.867 bits per heavy atom. The van der Waals surface area contributed by atoms with E-state index in [1.54, 1.807) is 0 Å². The van der Waals surface area contributed by atoms with Crippen LogP contribution in [0.15, 0.2) is 0 Å². The lowest BCUT2D eigenvalue weighted by atomic mass is 10.3. The predicted octanol–water partition coefficient (Wildman–Crippen LogP) is 4.32. The topological polar surface area (TPSA) is 20.2 Å². The number of rotatable bonds is 4. The van der Waals surface area contributed by atoms with Crippen molar-refractivity contribution in [2.24, 2.45) is 0 Å². The Hall–Kier alpha value is 1.99. The molecule has 8 heteroatoms. The maximum Gasteiger partial charge on any atom is 0.125 e. The highest BCUT2D eigenvalue weighted by molar-refractivity contribution is 6.49. The zero-order chi connectivity index (χ0) is 12.9. The van der Waals surface area contributed by atoms with E-state index in [4.69, 9.17) is 86.3 Å². The van der Waals surface area contributed by atoms with Crippen LogP contribution in [0.25, 0.3) is 0 Å². The summed E-state index contributed by atoms with van der Waals surface area (Å²) in [5, 5.41) is 6.15. The zero-order valence-electron chi connectivity index (χ0n) is 7.95. The highest BCUT2D eigenvalue weighted by Gasteiger charge is 2.21. The maximum atomic E-state index is 7.00. The molecule has 15 heavy (non-hydrogen) atoms. The van der Waals surface area contributed by atoms with Crippen molar-refractivity contribution in [3.8, 4) is 0 Å². The number of alkyl halides is 7. The molecule has 0 aliphatic heterocycles. The van der Waals surface area contributed by atoms with E-state index < -0.39 is 10.2 Å². The first-order chi connectivity index (χ1) is 7.01. The monoisotopic (exact) mass is 358 g/mol. The Kier molecular flexibility index (Phi) is 27.2. The van der Waals surface area contributed by atoms with Crippen LogP contribution in [-0.2, 0) is 0 Å². The molecule has 0 amide bonds. The second-order valence-electron chi connectivity index (χ2n) is 1.83. The van der Waals surface area contributed by atoms with E-state index in [0.717, 1.165) is 7.11 Å². The van der Waals surface area contributed by atoms with E-state index in [2.05, 4.69) is 0 Å². The summed E-state index contributed by atoms with van der Waals surface area (Å²) in [5.74, 6) is 1.37. The molecule has 2 atom stereocenters. The average Bonchev–Trinajstić information content (AvgIpc) is 2.29. The highest BCUT2D eigenvalue weighted by Crippen LogP contribution is 2.21. The van der Waals surface area contributed by atoms with Crippen LogP contribution in [0.4, 0.5) is 0 Å². The van der Waals surface area contributed by atoms with Crippen LogP contribution in [-0.4, -0.2) is 45.4 Å². The normalized spacial score (nSPS) is 13.2. The van der Waals surface area contributed by atoms with E-state index in [-0.39, 0.29) is 11.3 Å². The molecule has 0 bridgehead atoms. The van der Waals surface area contributed by atoms with Crippen LogP contribution < -0.4 is 0 Å². The number of aliphatic hydroxyl groups is 1. The van der Waals surface area contributed by atoms with E-state index in [0.29, 0.717) is 11.8 Å². The summed E-state index contributed by atoms with van der Waals surface area (Å²) in [6.07, 6.45) is 0. The van der Waals surface area contributed by atoms with Gasteiger partial charge in [-0.05, 0) is 0 Å². The quantitative estimate of drug-likeness (QED) is 0.740. The third-order valence-corrected chi connectivity index (χ3v) is 3.78. The summed E-state index contributed by atoms with van der Waals surface area (Å²) in [7, 11) is 1.00. The molecule has 0 saturated heterocycles. The molecule has 0 spiro atoms. The van der Waals surface area contributed by atoms with Gasteiger partial charge >= 0.3 is 0 Å². The smallest absolute Gasteiger partial charge is 0.125 e. The largest absolute Gasteiger partial charge is 0.400 e. The molecular formula is C7H13Cl7O. The van der Waals surface area contributed by atoms with E-state index >= 15 is 0 Å². The SMILES string of the molecule is CO.ClCC(Cl)C(Cl)C(Cl)Cl.ClCCCl. The number of halogens is 7. The summed E-state index contributed by atoms with van der Waals surface area (Å²) < 4.78 is 0. The predicted molar refractivity (Wildman–Crippen MR) is 75.1 cm³/mol. The minimum atomic E-state index is -0.659. The lowest BCUT2D eigenvalue weighted by Crippen LogP contribution is -2.22. The van der Waals surface area contributed by atoms with Gasteiger partial charge in [0.05, 0.1) is 10.8 Å². The lowest BCUT2D eigenvalue weighted by Gasteiger charge is -2.12. The van der Waals surface area contributed by atoms with Crippen molar-refractivity contribution in [2.75, 3.05) is 24.7 Å². The molecule has 1 nitrogen and oxygen atoms in total. The van der Waals surface area contributed by atoms with Crippen LogP contribution in [0, 0.1) is 0 Å². The zero-order valence-corrected chi connectivity index (χ0v) is 13.2. The van der Waals surface area contributed by atoms with Crippen LogP contribution >= 0.6 is 81.2 Å². The summed E-state index contributed by atoms with van der Waals surface area (Å²) in [6.45, 7) is 0. The molecule has 0 radical (unpaired) electrons. The minimum Gasteiger partial charge on any atom is -0.400 e. The third kappa shape index (κ3) is 18.5. The molecule has 0 aromatic rings. The van der Waals surface area contributed by atoms with Crippen molar-refractivity contribution in [1.29, 1.82) is 0 Å². The van der Waals surface area contributed by atoms with Gasteiger partial charge in [-0.3, -0.25) is 0 Å². The van der Waals surface area contributed by atoms with Crippen LogP contribution in [0.3, 0.4) is 0 Å². The van der Waals surface area contributed by atoms with Gasteiger partial charge in [-0.25, -0.2) is 0 Å². The second-order valence-corrected chi connectivity index (χ2v) is 5.12. The Bertz CT molecular complexity index is 101. The van der Waals surface area contributed by atoms with Gasteiger partial charge in [-0.2, -0.15) is 0 Å². The van der Waals surface area contributed by atoms with Crippen molar-refractivity contribution in [2.45, 2.75) is 15.6 Å². The fourth-order valence-corrected chi connectivity index (χ4v) is 1.26. The molecule has 0 saturated carbocycles. The van der Waals surface area contributed by atoms with Gasteiger partial charge in [-0.15, -0.1) is 81.2 Å². The highest BCUT2D eigenvalue weighted by atomic mass is 35.5. The van der Waals surface area contributed by atoms with E-state index in [9.17, 15) is 0 Å². The van der Waals surface area contributed by atoms with Gasteiger partial charge in [0.25, 0.3) is 0 Å². The van der Waals surface area contributed by atoms with Gasteiger partial charge in [0, 0.05) is 24.7 Å². The first kappa shape index (κ1) is 22.2. The Balaban J connectivity index is -0.000000202. The van der Waals surface area contributed by atoms with Gasteiger partial charge < -0.3 is 5.11 Å². The van der Waals surface area contributed by atoms with E-state index in [1.165, 1.54) is 0 Å². The van der Waals surface area contributed by atoms with Crippen molar-refractivity contribution in [1.82, 2.24) is 0 Å². The summed E-state index contributed by atoms with van der Waals surface area (Å²) in [6, 6.07) is 0. The van der Waals surface area contributed by atoms with E-state index in [1.807, 2.05) is 0 Å². The molecule has 1 N–H and O–H groups in total. The first-order valence-corrected chi connectivity index (χ1v) is 7.05. The molecule has 0 heterocycles. The molecule has 0 fully saturated rings. The Labute approximate surface area is 126 Å². The molecule has 0 rings (SSSR count). The first-order valence-electron chi connectivity index (χ1n) is 3.70. The number of hydrogen-bond donors (Lipinski definition) is 1. The molecule has 0 aromatic heterocycles. The molecule has 0 aromatic carbocycles. The van der Waals surface area contributed by atoms with Gasteiger partial charge in [0.2, 0.25) is 0 Å². The van der Waals surface area contributed by atoms with Crippen molar-refractivity contribution in [3.63, 3.8) is 0 Å². The second kappa shape index (κ2) is 18.4. The molecular weight excluding hydrogens is 348 g/mol. The summed E-state index contributed by atoms with van der Waals surface area (Å²) >= 11 is 37.4. The molecule has 2 unspecified atom stereocenters. The number of aliphatic hydroxyl groups excluding tert-OH is 1. The minimum absolute atomic E-state index is 0.256. The Morgan fingerprint density at radius 2 is 1.20 bits per heavy atom. The molecule has 0 aliphatic rings. The van der Waals surface area contributed by atoms with Crippen LogP contribution in [0.1, 0.15) is 0 Å². The summed E-state index contributed by atoms with van der Waals surface area (Å²) in [5.41, 5.74) is 0. The van der Waals surface area contributed by atoms with Gasteiger partial charge in [0.1, 0.15) is 4.84 Å². The molecule has 96 valence electrons. The van der Waals surface area contributed by atoms with Crippen LogP contribution in [0.2, 0.25) is 0 Å². The van der Waals surface area contributed by atoms with Gasteiger partial charge in [0.15, 0.2) is 0 Å². The fraction of sp³-hybridized carbons (Fsp3) is 1.00. The number of hydrogen-bond acceptors (Lipinski definition) is 1. The Morgan fingerprint density at radius 3 is 1.27 bits per heavy atom. The van der Waals surface area contributed by atoms with Crippen LogP contribution in [0.5, 0.6) is 0 Å². The fourth-order valence-electron chi connectivity index (χ4n) is 0.243.